The summed E-state index contributed by atoms with van der Waals surface area (Å²) >= 11 is 0. The van der Waals surface area contributed by atoms with Crippen LogP contribution in [0.15, 0.2) is 54.7 Å². The van der Waals surface area contributed by atoms with Gasteiger partial charge in [0.15, 0.2) is 0 Å². The summed E-state index contributed by atoms with van der Waals surface area (Å²) in [4.78, 5) is 15.8. The van der Waals surface area contributed by atoms with E-state index in [1.165, 1.54) is 10.9 Å². The molecule has 3 N–H and O–H groups in total. The molecule has 0 aliphatic rings. The van der Waals surface area contributed by atoms with Gasteiger partial charge in [-0.1, -0.05) is 36.4 Å². The summed E-state index contributed by atoms with van der Waals surface area (Å²) in [7, 11) is 1.92. The molecule has 4 heteroatoms. The van der Waals surface area contributed by atoms with Gasteiger partial charge in [0.05, 0.1) is 0 Å². The SMILES string of the molecule is CNCCc1ccccc1C(=O)NCCc1c[nH]c2ccccc12. The second-order valence-electron chi connectivity index (χ2n) is 5.88. The monoisotopic (exact) mass is 321 g/mol. The van der Waals surface area contributed by atoms with Crippen molar-refractivity contribution in [3.8, 4) is 0 Å². The van der Waals surface area contributed by atoms with Crippen LogP contribution in [-0.2, 0) is 12.8 Å². The third kappa shape index (κ3) is 3.66. The average molecular weight is 321 g/mol. The Kier molecular flexibility index (Phi) is 5.29. The van der Waals surface area contributed by atoms with Gasteiger partial charge in [0.1, 0.15) is 0 Å². The molecular weight excluding hydrogens is 298 g/mol. The van der Waals surface area contributed by atoms with Gasteiger partial charge in [-0.3, -0.25) is 4.79 Å². The number of hydrogen-bond donors (Lipinski definition) is 3. The topological polar surface area (TPSA) is 56.9 Å². The lowest BCUT2D eigenvalue weighted by molar-refractivity contribution is 0.0953. The number of aromatic nitrogens is 1. The van der Waals surface area contributed by atoms with Crippen molar-refractivity contribution < 1.29 is 4.79 Å². The van der Waals surface area contributed by atoms with E-state index in [2.05, 4.69) is 27.8 Å². The summed E-state index contributed by atoms with van der Waals surface area (Å²) < 4.78 is 0. The van der Waals surface area contributed by atoms with Crippen LogP contribution in [0.4, 0.5) is 0 Å². The van der Waals surface area contributed by atoms with Crippen molar-refractivity contribution in [1.29, 1.82) is 0 Å². The predicted octanol–water partition coefficient (Wildman–Crippen LogP) is 2.90. The second kappa shape index (κ2) is 7.79. The van der Waals surface area contributed by atoms with Gasteiger partial charge in [0, 0.05) is 29.2 Å². The highest BCUT2D eigenvalue weighted by atomic mass is 16.1. The van der Waals surface area contributed by atoms with Crippen LogP contribution in [-0.4, -0.2) is 31.0 Å². The van der Waals surface area contributed by atoms with Crippen molar-refractivity contribution in [3.05, 3.63) is 71.4 Å². The van der Waals surface area contributed by atoms with Crippen LogP contribution in [0.1, 0.15) is 21.5 Å². The van der Waals surface area contributed by atoms with E-state index in [-0.39, 0.29) is 5.91 Å². The first-order valence-corrected chi connectivity index (χ1v) is 8.35. The summed E-state index contributed by atoms with van der Waals surface area (Å²) in [6.07, 6.45) is 3.69. The Balaban J connectivity index is 1.62. The minimum absolute atomic E-state index is 0.00143. The number of fused-ring (bicyclic) bond motifs is 1. The number of aromatic amines is 1. The van der Waals surface area contributed by atoms with Crippen molar-refractivity contribution in [2.45, 2.75) is 12.8 Å². The van der Waals surface area contributed by atoms with Crippen LogP contribution in [0.3, 0.4) is 0 Å². The van der Waals surface area contributed by atoms with Crippen LogP contribution < -0.4 is 10.6 Å². The Bertz CT molecular complexity index is 822. The summed E-state index contributed by atoms with van der Waals surface area (Å²) in [5.74, 6) is 0.00143. The predicted molar refractivity (Wildman–Crippen MR) is 98.4 cm³/mol. The number of H-pyrrole nitrogens is 1. The maximum Gasteiger partial charge on any atom is 0.251 e. The zero-order valence-corrected chi connectivity index (χ0v) is 13.9. The van der Waals surface area contributed by atoms with E-state index in [4.69, 9.17) is 0 Å². The minimum atomic E-state index is 0.00143. The van der Waals surface area contributed by atoms with Crippen LogP contribution in [0.5, 0.6) is 0 Å². The zero-order valence-electron chi connectivity index (χ0n) is 13.9. The van der Waals surface area contributed by atoms with E-state index in [0.717, 1.165) is 36.0 Å². The van der Waals surface area contributed by atoms with Gasteiger partial charge in [0.25, 0.3) is 5.91 Å². The molecule has 124 valence electrons. The van der Waals surface area contributed by atoms with Gasteiger partial charge in [0.2, 0.25) is 0 Å². The molecule has 0 aliphatic carbocycles. The molecule has 2 aromatic carbocycles. The van der Waals surface area contributed by atoms with Crippen LogP contribution in [0, 0.1) is 0 Å². The summed E-state index contributed by atoms with van der Waals surface area (Å²) in [6.45, 7) is 1.49. The normalized spacial score (nSPS) is 10.9. The Hall–Kier alpha value is -2.59. The number of benzene rings is 2. The van der Waals surface area contributed by atoms with E-state index in [1.54, 1.807) is 0 Å². The van der Waals surface area contributed by atoms with E-state index in [1.807, 2.05) is 49.6 Å². The van der Waals surface area contributed by atoms with Crippen molar-refractivity contribution in [1.82, 2.24) is 15.6 Å². The third-order valence-corrected chi connectivity index (χ3v) is 4.26. The maximum absolute atomic E-state index is 12.5. The molecule has 0 saturated heterocycles. The second-order valence-corrected chi connectivity index (χ2v) is 5.88. The fourth-order valence-electron chi connectivity index (χ4n) is 2.96. The first kappa shape index (κ1) is 16.3. The van der Waals surface area contributed by atoms with Crippen molar-refractivity contribution in [2.75, 3.05) is 20.1 Å². The van der Waals surface area contributed by atoms with E-state index in [9.17, 15) is 4.79 Å². The standard InChI is InChI=1S/C20H23N3O/c1-21-12-10-15-6-2-3-8-18(15)20(24)22-13-11-16-14-23-19-9-5-4-7-17(16)19/h2-9,14,21,23H,10-13H2,1H3,(H,22,24). The van der Waals surface area contributed by atoms with Gasteiger partial charge < -0.3 is 15.6 Å². The van der Waals surface area contributed by atoms with Crippen LogP contribution in [0.25, 0.3) is 10.9 Å². The molecule has 0 radical (unpaired) electrons. The van der Waals surface area contributed by atoms with Crippen molar-refractivity contribution in [2.24, 2.45) is 0 Å². The van der Waals surface area contributed by atoms with Crippen LogP contribution >= 0.6 is 0 Å². The lowest BCUT2D eigenvalue weighted by atomic mass is 10.0. The lowest BCUT2D eigenvalue weighted by Crippen LogP contribution is -2.27. The minimum Gasteiger partial charge on any atom is -0.361 e. The van der Waals surface area contributed by atoms with Gasteiger partial charge in [-0.15, -0.1) is 0 Å². The van der Waals surface area contributed by atoms with Crippen LogP contribution in [0.2, 0.25) is 0 Å². The number of carbonyl (C=O) groups excluding carboxylic acids is 1. The summed E-state index contributed by atoms with van der Waals surface area (Å²) in [5, 5.41) is 7.39. The van der Waals surface area contributed by atoms with E-state index in [0.29, 0.717) is 6.54 Å². The summed E-state index contributed by atoms with van der Waals surface area (Å²) in [5.41, 5.74) is 4.22. The van der Waals surface area contributed by atoms with E-state index < -0.39 is 0 Å². The number of hydrogen-bond acceptors (Lipinski definition) is 2. The lowest BCUT2D eigenvalue weighted by Gasteiger charge is -2.10. The largest absolute Gasteiger partial charge is 0.361 e. The number of amides is 1. The molecule has 1 amide bonds. The fraction of sp³-hybridized carbons (Fsp3) is 0.250. The maximum atomic E-state index is 12.5. The molecule has 24 heavy (non-hydrogen) atoms. The first-order chi connectivity index (χ1) is 11.8. The molecule has 0 fully saturated rings. The molecule has 0 bridgehead atoms. The summed E-state index contributed by atoms with van der Waals surface area (Å²) in [6, 6.07) is 16.0. The third-order valence-electron chi connectivity index (χ3n) is 4.26. The fourth-order valence-corrected chi connectivity index (χ4v) is 2.96. The molecular formula is C20H23N3O. The number of nitrogens with one attached hydrogen (secondary N) is 3. The molecule has 0 aliphatic heterocycles. The van der Waals surface area contributed by atoms with Gasteiger partial charge in [-0.05, 0) is 49.7 Å². The Morgan fingerprint density at radius 2 is 1.71 bits per heavy atom. The molecule has 0 atom stereocenters. The number of likely N-dealkylation sites (N-methyl/N-ethyl adjacent to an activating group) is 1. The number of para-hydroxylation sites is 1. The highest BCUT2D eigenvalue weighted by molar-refractivity contribution is 5.95. The highest BCUT2D eigenvalue weighted by Gasteiger charge is 2.10. The Morgan fingerprint density at radius 1 is 0.958 bits per heavy atom. The molecule has 3 rings (SSSR count). The van der Waals surface area contributed by atoms with E-state index >= 15 is 0 Å². The molecule has 0 unspecified atom stereocenters. The molecule has 4 nitrogen and oxygen atoms in total. The molecule has 3 aromatic rings. The van der Waals surface area contributed by atoms with Gasteiger partial charge in [-0.2, -0.15) is 0 Å². The molecule has 0 spiro atoms. The molecule has 0 saturated carbocycles. The Morgan fingerprint density at radius 3 is 2.58 bits per heavy atom. The average Bonchev–Trinajstić information content (AvgIpc) is 3.03. The molecule has 1 heterocycles. The van der Waals surface area contributed by atoms with Crippen molar-refractivity contribution in [3.63, 3.8) is 0 Å². The number of rotatable bonds is 7. The molecule has 1 aromatic heterocycles. The van der Waals surface area contributed by atoms with Gasteiger partial charge in [-0.25, -0.2) is 0 Å². The number of carbonyl (C=O) groups is 1. The first-order valence-electron chi connectivity index (χ1n) is 8.35. The Labute approximate surface area is 142 Å². The van der Waals surface area contributed by atoms with Gasteiger partial charge >= 0.3 is 0 Å². The quantitative estimate of drug-likeness (QED) is 0.627. The highest BCUT2D eigenvalue weighted by Crippen LogP contribution is 2.17. The van der Waals surface area contributed by atoms with Crippen molar-refractivity contribution >= 4 is 16.8 Å². The smallest absolute Gasteiger partial charge is 0.251 e. The zero-order chi connectivity index (χ0) is 16.8.